The minimum atomic E-state index is 0.971. The van der Waals surface area contributed by atoms with Crippen molar-refractivity contribution in [3.05, 3.63) is 0 Å². The third kappa shape index (κ3) is 2.98. The van der Waals surface area contributed by atoms with Crippen molar-refractivity contribution in [1.82, 2.24) is 10.6 Å². The zero-order chi connectivity index (χ0) is 9.64. The van der Waals surface area contributed by atoms with E-state index < -0.39 is 0 Å². The molecule has 0 aromatic rings. The smallest absolute Gasteiger partial charge is 0.0964 e. The lowest BCUT2D eigenvalue weighted by Crippen LogP contribution is -2.27. The maximum atomic E-state index is 4.41. The Bertz CT molecular complexity index is 195. The van der Waals surface area contributed by atoms with Gasteiger partial charge in [0.25, 0.3) is 0 Å². The van der Waals surface area contributed by atoms with Crippen LogP contribution in [-0.2, 0) is 0 Å². The summed E-state index contributed by atoms with van der Waals surface area (Å²) < 4.78 is 0. The standard InChI is InChI=1S/C11H21N3/c1(3-11-13-8-9-14-11)2-10-4-6-12-7-5-10/h10,12H,1-9H2,(H,13,14). The summed E-state index contributed by atoms with van der Waals surface area (Å²) >= 11 is 0. The molecule has 1 fully saturated rings. The van der Waals surface area contributed by atoms with Crippen molar-refractivity contribution in [2.24, 2.45) is 10.9 Å². The molecule has 2 aliphatic heterocycles. The Balaban J connectivity index is 1.57. The van der Waals surface area contributed by atoms with Crippen molar-refractivity contribution in [1.29, 1.82) is 0 Å². The van der Waals surface area contributed by atoms with E-state index in [1.54, 1.807) is 0 Å². The first-order valence-electron chi connectivity index (χ1n) is 5.93. The summed E-state index contributed by atoms with van der Waals surface area (Å²) in [6.07, 6.45) is 6.63. The van der Waals surface area contributed by atoms with Crippen LogP contribution in [0.25, 0.3) is 0 Å². The van der Waals surface area contributed by atoms with Crippen LogP contribution in [0.1, 0.15) is 32.1 Å². The summed E-state index contributed by atoms with van der Waals surface area (Å²) in [7, 11) is 0. The first-order valence-corrected chi connectivity index (χ1v) is 5.93. The number of nitrogens with zero attached hydrogens (tertiary/aromatic N) is 1. The van der Waals surface area contributed by atoms with Crippen molar-refractivity contribution in [2.45, 2.75) is 32.1 Å². The van der Waals surface area contributed by atoms with Gasteiger partial charge in [0.2, 0.25) is 0 Å². The van der Waals surface area contributed by atoms with E-state index in [0.29, 0.717) is 0 Å². The van der Waals surface area contributed by atoms with Gasteiger partial charge < -0.3 is 10.6 Å². The lowest BCUT2D eigenvalue weighted by molar-refractivity contribution is 0.349. The number of hydrogen-bond donors (Lipinski definition) is 2. The van der Waals surface area contributed by atoms with Crippen LogP contribution in [0.2, 0.25) is 0 Å². The van der Waals surface area contributed by atoms with E-state index >= 15 is 0 Å². The molecule has 2 heterocycles. The molecule has 0 bridgehead atoms. The van der Waals surface area contributed by atoms with Gasteiger partial charge in [0, 0.05) is 13.0 Å². The molecule has 3 nitrogen and oxygen atoms in total. The van der Waals surface area contributed by atoms with Gasteiger partial charge in [-0.05, 0) is 44.7 Å². The van der Waals surface area contributed by atoms with E-state index in [4.69, 9.17) is 0 Å². The molecule has 2 rings (SSSR count). The van der Waals surface area contributed by atoms with Crippen LogP contribution in [0, 0.1) is 5.92 Å². The summed E-state index contributed by atoms with van der Waals surface area (Å²) in [5.74, 6) is 2.22. The van der Waals surface area contributed by atoms with Crippen molar-refractivity contribution >= 4 is 5.84 Å². The molecule has 2 aliphatic rings. The van der Waals surface area contributed by atoms with Crippen LogP contribution in [-0.4, -0.2) is 32.0 Å². The van der Waals surface area contributed by atoms with Crippen LogP contribution >= 0.6 is 0 Å². The predicted octanol–water partition coefficient (Wildman–Crippen LogP) is 1.16. The highest BCUT2D eigenvalue weighted by molar-refractivity contribution is 5.83. The lowest BCUT2D eigenvalue weighted by Gasteiger charge is -2.22. The predicted molar refractivity (Wildman–Crippen MR) is 59.7 cm³/mol. The van der Waals surface area contributed by atoms with Crippen LogP contribution in [0.4, 0.5) is 0 Å². The Hall–Kier alpha value is -0.570. The van der Waals surface area contributed by atoms with Gasteiger partial charge in [-0.15, -0.1) is 0 Å². The van der Waals surface area contributed by atoms with Gasteiger partial charge in [-0.2, -0.15) is 0 Å². The number of aliphatic imine (C=N–C) groups is 1. The summed E-state index contributed by atoms with van der Waals surface area (Å²) in [6, 6.07) is 0. The summed E-state index contributed by atoms with van der Waals surface area (Å²) in [6.45, 7) is 4.50. The van der Waals surface area contributed by atoms with Crippen LogP contribution in [0.3, 0.4) is 0 Å². The minimum absolute atomic E-state index is 0.971. The molecule has 0 unspecified atom stereocenters. The maximum Gasteiger partial charge on any atom is 0.0964 e. The second-order valence-electron chi connectivity index (χ2n) is 4.34. The molecule has 0 aliphatic carbocycles. The van der Waals surface area contributed by atoms with E-state index in [1.807, 2.05) is 0 Å². The Morgan fingerprint density at radius 2 is 2.07 bits per heavy atom. The molecular formula is C11H21N3. The topological polar surface area (TPSA) is 36.4 Å². The summed E-state index contributed by atoms with van der Waals surface area (Å²) in [5, 5.41) is 6.74. The summed E-state index contributed by atoms with van der Waals surface area (Å²) in [4.78, 5) is 4.41. The van der Waals surface area contributed by atoms with E-state index in [-0.39, 0.29) is 0 Å². The molecule has 0 saturated carbocycles. The SMILES string of the molecule is C(CC1=NCCN1)CC1CCNCC1. The average molecular weight is 195 g/mol. The molecule has 0 aromatic heterocycles. The highest BCUT2D eigenvalue weighted by Crippen LogP contribution is 2.18. The third-order valence-corrected chi connectivity index (χ3v) is 3.23. The normalized spacial score (nSPS) is 23.3. The van der Waals surface area contributed by atoms with Crippen LogP contribution < -0.4 is 10.6 Å². The fourth-order valence-corrected chi connectivity index (χ4v) is 2.34. The van der Waals surface area contributed by atoms with Gasteiger partial charge in [0.05, 0.1) is 12.4 Å². The van der Waals surface area contributed by atoms with Gasteiger partial charge in [-0.3, -0.25) is 4.99 Å². The molecule has 3 heteroatoms. The number of piperidine rings is 1. The first-order chi connectivity index (χ1) is 6.95. The number of amidine groups is 1. The van der Waals surface area contributed by atoms with Gasteiger partial charge in [-0.25, -0.2) is 0 Å². The molecule has 14 heavy (non-hydrogen) atoms. The molecular weight excluding hydrogens is 174 g/mol. The number of rotatable bonds is 4. The molecule has 0 aromatic carbocycles. The molecule has 1 saturated heterocycles. The quantitative estimate of drug-likeness (QED) is 0.706. The average Bonchev–Trinajstić information content (AvgIpc) is 2.72. The molecule has 0 atom stereocenters. The molecule has 0 spiro atoms. The van der Waals surface area contributed by atoms with Crippen LogP contribution in [0.5, 0.6) is 0 Å². The highest BCUT2D eigenvalue weighted by atomic mass is 15.1. The Labute approximate surface area is 86.4 Å². The molecule has 0 radical (unpaired) electrons. The lowest BCUT2D eigenvalue weighted by atomic mass is 9.92. The number of nitrogens with one attached hydrogen (secondary N) is 2. The molecule has 80 valence electrons. The second-order valence-corrected chi connectivity index (χ2v) is 4.34. The van der Waals surface area contributed by atoms with E-state index in [9.17, 15) is 0 Å². The summed E-state index contributed by atoms with van der Waals surface area (Å²) in [5.41, 5.74) is 0. The third-order valence-electron chi connectivity index (χ3n) is 3.23. The van der Waals surface area contributed by atoms with Crippen molar-refractivity contribution < 1.29 is 0 Å². The van der Waals surface area contributed by atoms with Gasteiger partial charge in [0.15, 0.2) is 0 Å². The van der Waals surface area contributed by atoms with Crippen molar-refractivity contribution in [3.8, 4) is 0 Å². The van der Waals surface area contributed by atoms with Gasteiger partial charge in [0.1, 0.15) is 0 Å². The van der Waals surface area contributed by atoms with Crippen molar-refractivity contribution in [2.75, 3.05) is 26.2 Å². The van der Waals surface area contributed by atoms with Crippen molar-refractivity contribution in [3.63, 3.8) is 0 Å². The fourth-order valence-electron chi connectivity index (χ4n) is 2.34. The maximum absolute atomic E-state index is 4.41. The Kier molecular flexibility index (Phi) is 3.80. The Morgan fingerprint density at radius 1 is 1.21 bits per heavy atom. The monoisotopic (exact) mass is 195 g/mol. The first kappa shape index (κ1) is 9.97. The molecule has 0 amide bonds. The van der Waals surface area contributed by atoms with E-state index in [1.165, 1.54) is 51.0 Å². The zero-order valence-electron chi connectivity index (χ0n) is 8.89. The van der Waals surface area contributed by atoms with E-state index in [2.05, 4.69) is 15.6 Å². The Morgan fingerprint density at radius 3 is 2.79 bits per heavy atom. The number of hydrogen-bond acceptors (Lipinski definition) is 3. The second kappa shape index (κ2) is 5.35. The minimum Gasteiger partial charge on any atom is -0.372 e. The highest BCUT2D eigenvalue weighted by Gasteiger charge is 2.13. The largest absolute Gasteiger partial charge is 0.372 e. The molecule has 2 N–H and O–H groups in total. The van der Waals surface area contributed by atoms with E-state index in [0.717, 1.165) is 19.0 Å². The van der Waals surface area contributed by atoms with Gasteiger partial charge >= 0.3 is 0 Å². The van der Waals surface area contributed by atoms with Crippen LogP contribution in [0.15, 0.2) is 4.99 Å². The fraction of sp³-hybridized carbons (Fsp3) is 0.909. The zero-order valence-corrected chi connectivity index (χ0v) is 8.89. The van der Waals surface area contributed by atoms with Gasteiger partial charge in [-0.1, -0.05) is 0 Å².